The van der Waals surface area contributed by atoms with Crippen molar-refractivity contribution >= 4 is 45.6 Å². The maximum Gasteiger partial charge on any atom is 0.445 e. The number of benzene rings is 5. The number of hydrogen-bond donors (Lipinski definition) is 0. The van der Waals surface area contributed by atoms with Crippen LogP contribution in [0.4, 0.5) is 11.4 Å². The van der Waals surface area contributed by atoms with Gasteiger partial charge in [-0.05, 0) is 60.1 Å². The number of para-hydroxylation sites is 2. The van der Waals surface area contributed by atoms with E-state index in [2.05, 4.69) is 117 Å². The van der Waals surface area contributed by atoms with Crippen molar-refractivity contribution < 1.29 is 9.39 Å². The van der Waals surface area contributed by atoms with Gasteiger partial charge in [0.2, 0.25) is 0 Å². The van der Waals surface area contributed by atoms with E-state index >= 15 is 0 Å². The van der Waals surface area contributed by atoms with Crippen LogP contribution in [0.1, 0.15) is 0 Å². The molecule has 9 rings (SSSR count). The van der Waals surface area contributed by atoms with Gasteiger partial charge in [-0.2, -0.15) is 0 Å². The molecule has 4 heterocycles. The summed E-state index contributed by atoms with van der Waals surface area (Å²) in [7, 11) is 0. The van der Waals surface area contributed by atoms with Gasteiger partial charge < -0.3 is 19.2 Å². The van der Waals surface area contributed by atoms with Crippen molar-refractivity contribution in [3.63, 3.8) is 0 Å². The van der Waals surface area contributed by atoms with E-state index < -0.39 is 0 Å². The van der Waals surface area contributed by atoms with E-state index in [0.29, 0.717) is 6.67 Å². The van der Waals surface area contributed by atoms with Crippen molar-refractivity contribution in [2.45, 2.75) is 0 Å². The van der Waals surface area contributed by atoms with E-state index in [9.17, 15) is 0 Å². The highest BCUT2D eigenvalue weighted by Crippen LogP contribution is 2.43. The van der Waals surface area contributed by atoms with Gasteiger partial charge in [0.15, 0.2) is 0 Å². The Morgan fingerprint density at radius 1 is 0.667 bits per heavy atom. The zero-order valence-electron chi connectivity index (χ0n) is 24.3. The first-order valence-corrected chi connectivity index (χ1v) is 15.1. The van der Waals surface area contributed by atoms with Gasteiger partial charge >= 0.3 is 6.92 Å². The average molecular weight is 582 g/mol. The maximum absolute atomic E-state index is 6.67. The van der Waals surface area contributed by atoms with Crippen LogP contribution in [0.3, 0.4) is 0 Å². The van der Waals surface area contributed by atoms with E-state index in [0.717, 1.165) is 61.9 Å². The second kappa shape index (κ2) is 10.3. The van der Waals surface area contributed by atoms with Crippen molar-refractivity contribution in [3.8, 4) is 23.1 Å². The van der Waals surface area contributed by atoms with Crippen molar-refractivity contribution in [1.29, 1.82) is 0 Å². The third-order valence-electron chi connectivity index (χ3n) is 8.58. The molecule has 2 aliphatic rings. The molecular weight excluding hydrogens is 555 g/mol. The average Bonchev–Trinajstić information content (AvgIpc) is 3.70. The van der Waals surface area contributed by atoms with Gasteiger partial charge in [0.25, 0.3) is 0 Å². The van der Waals surface area contributed by atoms with Crippen LogP contribution in [0.25, 0.3) is 27.6 Å². The first-order valence-electron chi connectivity index (χ1n) is 15.1. The highest BCUT2D eigenvalue weighted by Gasteiger charge is 2.41. The smallest absolute Gasteiger partial charge is 0.445 e. The maximum atomic E-state index is 6.67. The molecule has 45 heavy (non-hydrogen) atoms. The Labute approximate surface area is 261 Å². The normalized spacial score (nSPS) is 13.9. The lowest BCUT2D eigenvalue weighted by Crippen LogP contribution is -2.47. The van der Waals surface area contributed by atoms with Crippen molar-refractivity contribution in [1.82, 2.24) is 9.55 Å². The van der Waals surface area contributed by atoms with Gasteiger partial charge in [-0.25, -0.2) is 4.98 Å². The summed E-state index contributed by atoms with van der Waals surface area (Å²) in [6, 6.07) is 47.6. The third-order valence-corrected chi connectivity index (χ3v) is 8.58. The SMILES string of the molecule is C1=C2B(c3ccccc3)Oc3ccc(Oc4ccc5c6ccccc6n(-c6ccccn6)c5c4)cc3N2CN1c1ccccc1. The number of rotatable bonds is 5. The Balaban J connectivity index is 1.10. The van der Waals surface area contributed by atoms with E-state index in [1.54, 1.807) is 0 Å². The molecule has 0 atom stereocenters. The quantitative estimate of drug-likeness (QED) is 0.193. The van der Waals surface area contributed by atoms with Gasteiger partial charge in [-0.1, -0.05) is 72.8 Å². The Morgan fingerprint density at radius 3 is 2.24 bits per heavy atom. The van der Waals surface area contributed by atoms with Crippen LogP contribution in [-0.2, 0) is 0 Å². The molecule has 5 aromatic carbocycles. The molecule has 0 fully saturated rings. The second-order valence-electron chi connectivity index (χ2n) is 11.3. The summed E-state index contributed by atoms with van der Waals surface area (Å²) in [5, 5.41) is 2.34. The summed E-state index contributed by atoms with van der Waals surface area (Å²) >= 11 is 0. The molecule has 0 spiro atoms. The summed E-state index contributed by atoms with van der Waals surface area (Å²) in [5.74, 6) is 3.20. The van der Waals surface area contributed by atoms with Crippen LogP contribution in [0.15, 0.2) is 158 Å². The topological polar surface area (TPSA) is 42.8 Å². The minimum absolute atomic E-state index is 0.213. The number of aromatic nitrogens is 2. The van der Waals surface area contributed by atoms with E-state index in [1.165, 1.54) is 5.39 Å². The number of ether oxygens (including phenoxy) is 1. The molecule has 7 aromatic rings. The number of fused-ring (bicyclic) bond motifs is 6. The number of pyridine rings is 1. The monoisotopic (exact) mass is 582 g/mol. The molecule has 0 saturated carbocycles. The minimum atomic E-state index is -0.213. The minimum Gasteiger partial charge on any atom is -0.549 e. The molecule has 0 amide bonds. The van der Waals surface area contributed by atoms with Crippen LogP contribution in [0, 0.1) is 0 Å². The Morgan fingerprint density at radius 2 is 1.40 bits per heavy atom. The van der Waals surface area contributed by atoms with Crippen LogP contribution in [0.5, 0.6) is 17.2 Å². The number of nitrogens with zero attached hydrogens (tertiary/aromatic N) is 4. The molecule has 0 radical (unpaired) electrons. The Hall–Kier alpha value is -5.95. The molecule has 214 valence electrons. The Bertz CT molecular complexity index is 2220. The molecule has 6 nitrogen and oxygen atoms in total. The lowest BCUT2D eigenvalue weighted by molar-refractivity contribution is 0.481. The summed E-state index contributed by atoms with van der Waals surface area (Å²) in [4.78, 5) is 9.26. The predicted molar refractivity (Wildman–Crippen MR) is 182 cm³/mol. The molecule has 2 aliphatic heterocycles. The fourth-order valence-corrected chi connectivity index (χ4v) is 6.51. The highest BCUT2D eigenvalue weighted by atomic mass is 16.5. The van der Waals surface area contributed by atoms with Gasteiger partial charge in [-0.3, -0.25) is 4.57 Å². The third kappa shape index (κ3) is 4.32. The molecule has 7 heteroatoms. The fourth-order valence-electron chi connectivity index (χ4n) is 6.51. The summed E-state index contributed by atoms with van der Waals surface area (Å²) in [5.41, 5.74) is 6.48. The van der Waals surface area contributed by atoms with Crippen LogP contribution >= 0.6 is 0 Å². The first kappa shape index (κ1) is 25.5. The molecule has 0 saturated heterocycles. The lowest BCUT2D eigenvalue weighted by Gasteiger charge is -2.34. The van der Waals surface area contributed by atoms with Gasteiger partial charge in [0.05, 0.1) is 29.0 Å². The van der Waals surface area contributed by atoms with Gasteiger partial charge in [0.1, 0.15) is 23.1 Å². The van der Waals surface area contributed by atoms with Crippen LogP contribution < -0.4 is 24.7 Å². The van der Waals surface area contributed by atoms with Crippen molar-refractivity contribution in [2.24, 2.45) is 0 Å². The highest BCUT2D eigenvalue weighted by molar-refractivity contribution is 6.76. The van der Waals surface area contributed by atoms with E-state index in [4.69, 9.17) is 9.39 Å². The van der Waals surface area contributed by atoms with Gasteiger partial charge in [-0.15, -0.1) is 0 Å². The molecular formula is C38H27BN4O2. The Kier molecular flexibility index (Phi) is 5.87. The molecule has 0 bridgehead atoms. The summed E-state index contributed by atoms with van der Waals surface area (Å²) in [6.07, 6.45) is 4.03. The fraction of sp³-hybridized carbons (Fsp3) is 0.0263. The number of hydrogen-bond acceptors (Lipinski definition) is 5. The predicted octanol–water partition coefficient (Wildman–Crippen LogP) is 7.93. The lowest BCUT2D eigenvalue weighted by atomic mass is 9.57. The molecule has 0 unspecified atom stereocenters. The van der Waals surface area contributed by atoms with E-state index in [1.807, 2.05) is 54.7 Å². The first-order chi connectivity index (χ1) is 22.3. The van der Waals surface area contributed by atoms with Crippen LogP contribution in [-0.4, -0.2) is 23.1 Å². The molecule has 0 aliphatic carbocycles. The second-order valence-corrected chi connectivity index (χ2v) is 11.3. The summed E-state index contributed by atoms with van der Waals surface area (Å²) in [6.45, 7) is 0.466. The molecule has 0 N–H and O–H groups in total. The zero-order chi connectivity index (χ0) is 29.7. The van der Waals surface area contributed by atoms with E-state index in [-0.39, 0.29) is 6.92 Å². The number of anilines is 2. The van der Waals surface area contributed by atoms with Crippen molar-refractivity contribution in [2.75, 3.05) is 16.5 Å². The zero-order valence-corrected chi connectivity index (χ0v) is 24.3. The standard InChI is InChI=1S/C38H27BN4O2/c1-3-11-27(12-4-1)39-37-25-41(28-13-5-2-6-14-28)26-42(37)35-24-30(19-21-36(35)45-39)44-29-18-20-32-31-15-7-8-16-33(31)43(34(32)23-29)38-17-9-10-22-40-38/h1-25H,26H2. The summed E-state index contributed by atoms with van der Waals surface area (Å²) < 4.78 is 15.4. The molecule has 2 aromatic heterocycles. The van der Waals surface area contributed by atoms with Crippen LogP contribution in [0.2, 0.25) is 0 Å². The van der Waals surface area contributed by atoms with Gasteiger partial charge in [0, 0.05) is 41.0 Å². The van der Waals surface area contributed by atoms with Crippen molar-refractivity contribution in [3.05, 3.63) is 158 Å². The largest absolute Gasteiger partial charge is 0.549 e.